The number of aliphatic carboxylic acids is 1. The maximum atomic E-state index is 16.8. The number of benzene rings is 1. The number of carbonyl (C=O) groups is 1. The van der Waals surface area contributed by atoms with Crippen molar-refractivity contribution in [1.29, 1.82) is 0 Å². The van der Waals surface area contributed by atoms with Gasteiger partial charge in [-0.1, -0.05) is 25.5 Å². The molecule has 0 saturated heterocycles. The first-order chi connectivity index (χ1) is 19.3. The first kappa shape index (κ1) is 29.8. The Balaban J connectivity index is 1.43. The maximum absolute atomic E-state index is 16.8. The van der Waals surface area contributed by atoms with E-state index in [1.165, 1.54) is 5.56 Å². The van der Waals surface area contributed by atoms with Crippen LogP contribution in [0, 0.1) is 12.8 Å². The molecule has 0 bridgehead atoms. The van der Waals surface area contributed by atoms with Gasteiger partial charge in [-0.3, -0.25) is 4.79 Å². The summed E-state index contributed by atoms with van der Waals surface area (Å²) >= 11 is 2.03. The number of aromatic nitrogens is 1. The molecular weight excluding hydrogens is 648 g/mol. The van der Waals surface area contributed by atoms with Crippen LogP contribution in [0.2, 0.25) is 0 Å². The summed E-state index contributed by atoms with van der Waals surface area (Å²) in [5, 5.41) is 8.83. The van der Waals surface area contributed by atoms with Crippen LogP contribution < -0.4 is 4.90 Å². The summed E-state index contributed by atoms with van der Waals surface area (Å²) in [4.78, 5) is 13.9. The molecule has 5 nitrogen and oxygen atoms in total. The Morgan fingerprint density at radius 3 is 2.63 bits per heavy atom. The van der Waals surface area contributed by atoms with E-state index in [1.54, 1.807) is 38.1 Å². The molecule has 3 aliphatic heterocycles. The van der Waals surface area contributed by atoms with Gasteiger partial charge in [-0.2, -0.15) is 0 Å². The van der Waals surface area contributed by atoms with Crippen LogP contribution >= 0.6 is 22.6 Å². The summed E-state index contributed by atoms with van der Waals surface area (Å²) in [6.45, 7) is 2.25. The molecule has 0 spiro atoms. The van der Waals surface area contributed by atoms with E-state index in [0.717, 1.165) is 59.3 Å². The molecule has 5 rings (SSSR count). The van der Waals surface area contributed by atoms with Gasteiger partial charge in [0.25, 0.3) is 0 Å². The number of fused-ring (bicyclic) bond motifs is 3. The number of aryl methyl sites for hydroxylation is 2. The molecule has 0 aliphatic carbocycles. The topological polar surface area (TPSA) is 48.7 Å². The molecule has 0 amide bonds. The number of alkyl halides is 3. The Bertz CT molecular complexity index is 1460. The molecule has 2 unspecified atom stereocenters. The number of carboxylic acids is 1. The zero-order valence-electron chi connectivity index (χ0n) is 23.4. The number of allylic oxidation sites excluding steroid dienone is 2. The fourth-order valence-corrected chi connectivity index (χ4v) is 7.09. The third-order valence-electron chi connectivity index (χ3n) is 8.58. The summed E-state index contributed by atoms with van der Waals surface area (Å²) in [5.74, 6) is -1.08. The highest BCUT2D eigenvalue weighted by Gasteiger charge is 2.62. The lowest BCUT2D eigenvalue weighted by Crippen LogP contribution is -2.66. The van der Waals surface area contributed by atoms with Crippen molar-refractivity contribution in [2.24, 2.45) is 5.92 Å². The first-order valence-electron chi connectivity index (χ1n) is 14.1. The van der Waals surface area contributed by atoms with Crippen LogP contribution in [0.3, 0.4) is 0 Å². The summed E-state index contributed by atoms with van der Waals surface area (Å²) in [5.41, 5.74) is 4.84. The standard InChI is InChI=1S/C30H34BF4IN3O2/c1-19-16-24(39-26(19)18-27-20(2)29(36)21(3)38(27)31(39,35)30(32,33)34)12-10-22-11-13-25-23(17-22)8-7-15-37(25)14-6-4-5-9-28(40)41/h10-13,16-18,20H,4-9,14-15H2,1-3H3,(H,40,41)/q-1/b12-10+. The molecule has 1 aromatic carbocycles. The highest BCUT2D eigenvalue weighted by molar-refractivity contribution is 14.1. The zero-order chi connectivity index (χ0) is 29.7. The lowest BCUT2D eigenvalue weighted by atomic mass is 9.62. The zero-order valence-corrected chi connectivity index (χ0v) is 25.6. The number of halogens is 5. The summed E-state index contributed by atoms with van der Waals surface area (Å²) in [6, 6.07) is 7.67. The van der Waals surface area contributed by atoms with Crippen LogP contribution in [0.15, 0.2) is 39.2 Å². The van der Waals surface area contributed by atoms with Gasteiger partial charge in [-0.15, -0.1) is 0 Å². The summed E-state index contributed by atoms with van der Waals surface area (Å²) < 4.78 is 62.4. The second-order valence-electron chi connectivity index (χ2n) is 11.3. The van der Waals surface area contributed by atoms with E-state index in [2.05, 4.69) is 11.0 Å². The van der Waals surface area contributed by atoms with Crippen LogP contribution in [-0.2, 0) is 11.2 Å². The van der Waals surface area contributed by atoms with Crippen molar-refractivity contribution in [3.05, 3.63) is 67.3 Å². The normalized spacial score (nSPS) is 22.2. The predicted molar refractivity (Wildman–Crippen MR) is 165 cm³/mol. The van der Waals surface area contributed by atoms with Crippen molar-refractivity contribution in [1.82, 2.24) is 9.29 Å². The summed E-state index contributed by atoms with van der Waals surface area (Å²) in [6.07, 6.45) is 4.46. The van der Waals surface area contributed by atoms with Crippen molar-refractivity contribution in [3.63, 3.8) is 0 Å². The molecule has 0 fully saturated rings. The van der Waals surface area contributed by atoms with Crippen LogP contribution in [0.1, 0.15) is 74.0 Å². The summed E-state index contributed by atoms with van der Waals surface area (Å²) in [7, 11) is 0. The van der Waals surface area contributed by atoms with Gasteiger partial charge < -0.3 is 23.6 Å². The van der Waals surface area contributed by atoms with Crippen molar-refractivity contribution in [3.8, 4) is 0 Å². The van der Waals surface area contributed by atoms with Gasteiger partial charge in [0.2, 0.25) is 0 Å². The van der Waals surface area contributed by atoms with Gasteiger partial charge in [0, 0.05) is 46.1 Å². The van der Waals surface area contributed by atoms with Gasteiger partial charge in [-0.05, 0) is 121 Å². The number of hydrogen-bond acceptors (Lipinski definition) is 3. The highest BCUT2D eigenvalue weighted by atomic mass is 127. The van der Waals surface area contributed by atoms with E-state index in [1.807, 2.05) is 41.6 Å². The molecule has 0 radical (unpaired) electrons. The second-order valence-corrected chi connectivity index (χ2v) is 12.5. The largest absolute Gasteiger partial charge is 0.481 e. The number of unbranched alkanes of at least 4 members (excludes halogenated alkanes) is 2. The predicted octanol–water partition coefficient (Wildman–Crippen LogP) is 8.20. The minimum Gasteiger partial charge on any atom is -0.481 e. The number of anilines is 1. The average Bonchev–Trinajstić information content (AvgIpc) is 3.35. The third kappa shape index (κ3) is 5.23. The lowest BCUT2D eigenvalue weighted by molar-refractivity contribution is -0.137. The molecule has 2 atom stereocenters. The molecule has 1 aromatic heterocycles. The molecule has 41 heavy (non-hydrogen) atoms. The van der Waals surface area contributed by atoms with Crippen molar-refractivity contribution >= 4 is 59.2 Å². The van der Waals surface area contributed by atoms with Gasteiger partial charge in [0.15, 0.2) is 0 Å². The van der Waals surface area contributed by atoms with Crippen molar-refractivity contribution in [2.45, 2.75) is 65.4 Å². The Morgan fingerprint density at radius 2 is 1.93 bits per heavy atom. The quantitative estimate of drug-likeness (QED) is 0.132. The molecule has 1 N–H and O–H groups in total. The minimum absolute atomic E-state index is 0.177. The Morgan fingerprint density at radius 1 is 1.17 bits per heavy atom. The van der Waals surface area contributed by atoms with E-state index in [-0.39, 0.29) is 23.7 Å². The van der Waals surface area contributed by atoms with Crippen LogP contribution in [0.25, 0.3) is 18.2 Å². The van der Waals surface area contributed by atoms with E-state index < -0.39 is 18.7 Å². The highest BCUT2D eigenvalue weighted by Crippen LogP contribution is 2.52. The smallest absolute Gasteiger partial charge is 0.460 e. The molecule has 11 heteroatoms. The second kappa shape index (κ2) is 11.2. The van der Waals surface area contributed by atoms with E-state index >= 15 is 4.32 Å². The van der Waals surface area contributed by atoms with Gasteiger partial charge in [0.1, 0.15) is 0 Å². The Hall–Kier alpha value is -2.70. The molecule has 3 aliphatic rings. The SMILES string of the molecule is CC1=C(I)C(C)C2=Cc3c(C)cc(/C=C/c4ccc5c(c4)CCCN5CCCCCC(=O)O)n3[B-](F)(C(F)(F)F)N21. The number of nitrogens with zero attached hydrogens (tertiary/aromatic N) is 3. The maximum Gasteiger partial charge on any atom is 0.460 e. The molecule has 220 valence electrons. The first-order valence-corrected chi connectivity index (χ1v) is 15.2. The average molecular weight is 682 g/mol. The molecular formula is C30H34BF4IN3O2-. The Kier molecular flexibility index (Phi) is 8.13. The molecule has 4 heterocycles. The van der Waals surface area contributed by atoms with Gasteiger partial charge >= 0.3 is 18.7 Å². The van der Waals surface area contributed by atoms with Crippen LogP contribution in [-0.4, -0.2) is 46.2 Å². The monoisotopic (exact) mass is 682 g/mol. The number of carboxylic acid groups (broad SMARTS) is 1. The fourth-order valence-electron chi connectivity index (χ4n) is 6.51. The Labute approximate surface area is 251 Å². The fraction of sp³-hybridized carbons (Fsp3) is 0.433. The third-order valence-corrected chi connectivity index (χ3v) is 10.3. The van der Waals surface area contributed by atoms with Gasteiger partial charge in [-0.25, -0.2) is 13.2 Å². The van der Waals surface area contributed by atoms with E-state index in [9.17, 15) is 18.0 Å². The number of hydrogen-bond donors (Lipinski definition) is 1. The van der Waals surface area contributed by atoms with E-state index in [4.69, 9.17) is 5.11 Å². The minimum atomic E-state index is -5.12. The number of rotatable bonds is 8. The van der Waals surface area contributed by atoms with Crippen LogP contribution in [0.4, 0.5) is 23.2 Å². The van der Waals surface area contributed by atoms with Crippen LogP contribution in [0.5, 0.6) is 0 Å². The van der Waals surface area contributed by atoms with Crippen molar-refractivity contribution < 1.29 is 27.4 Å². The van der Waals surface area contributed by atoms with E-state index in [0.29, 0.717) is 27.0 Å². The lowest BCUT2D eigenvalue weighted by Gasteiger charge is -2.52. The molecule has 2 aromatic rings. The van der Waals surface area contributed by atoms with Gasteiger partial charge in [0.05, 0.1) is 0 Å². The molecule has 0 saturated carbocycles. The van der Waals surface area contributed by atoms with Crippen molar-refractivity contribution in [2.75, 3.05) is 18.0 Å².